The normalized spacial score (nSPS) is 19.8. The number of hydrogen-bond donors (Lipinski definition) is 0. The summed E-state index contributed by atoms with van der Waals surface area (Å²) < 4.78 is 24.3. The highest BCUT2D eigenvalue weighted by atomic mass is 16.7. The zero-order valence-corrected chi connectivity index (χ0v) is 17.8. The Kier molecular flexibility index (Phi) is 5.84. The van der Waals surface area contributed by atoms with Gasteiger partial charge in [0.1, 0.15) is 6.61 Å². The lowest BCUT2D eigenvalue weighted by atomic mass is 9.81. The molecule has 2 fully saturated rings. The fraction of sp³-hybridized carbons (Fsp3) is 0.565. The molecule has 30 heavy (non-hydrogen) atoms. The van der Waals surface area contributed by atoms with E-state index in [0.717, 1.165) is 36.6 Å². The van der Waals surface area contributed by atoms with E-state index in [1.807, 2.05) is 24.3 Å². The smallest absolute Gasteiger partial charge is 0.340 e. The van der Waals surface area contributed by atoms with Gasteiger partial charge in [-0.15, -0.1) is 0 Å². The fourth-order valence-corrected chi connectivity index (χ4v) is 4.98. The molecule has 1 aliphatic heterocycles. The molecule has 1 aromatic heterocycles. The van der Waals surface area contributed by atoms with Gasteiger partial charge in [-0.1, -0.05) is 18.2 Å². The van der Waals surface area contributed by atoms with Crippen LogP contribution >= 0.6 is 0 Å². The second kappa shape index (κ2) is 8.40. The number of nitrogens with zero attached hydrogens (tertiary/aromatic N) is 1. The van der Waals surface area contributed by atoms with Gasteiger partial charge in [0.05, 0.1) is 31.6 Å². The number of carbonyl (C=O) groups excluding carboxylic acids is 2. The monoisotopic (exact) mass is 415 g/mol. The van der Waals surface area contributed by atoms with Crippen molar-refractivity contribution in [3.05, 3.63) is 35.5 Å². The first-order chi connectivity index (χ1) is 14.5. The Bertz CT molecular complexity index is 933. The number of aromatic nitrogens is 1. The van der Waals surface area contributed by atoms with Crippen LogP contribution in [-0.2, 0) is 30.3 Å². The number of para-hydroxylation sites is 1. The van der Waals surface area contributed by atoms with Crippen molar-refractivity contribution in [1.29, 1.82) is 0 Å². The third kappa shape index (κ3) is 3.72. The van der Waals surface area contributed by atoms with Crippen LogP contribution in [0.5, 0.6) is 0 Å². The molecule has 1 spiro atoms. The van der Waals surface area contributed by atoms with E-state index in [4.69, 9.17) is 18.9 Å². The second-order valence-corrected chi connectivity index (χ2v) is 8.17. The molecule has 4 rings (SSSR count). The van der Waals surface area contributed by atoms with E-state index in [-0.39, 0.29) is 18.6 Å². The van der Waals surface area contributed by atoms with E-state index in [1.165, 1.54) is 14.0 Å². The van der Waals surface area contributed by atoms with Crippen molar-refractivity contribution in [1.82, 2.24) is 4.57 Å². The van der Waals surface area contributed by atoms with Crippen molar-refractivity contribution < 1.29 is 28.5 Å². The maximum Gasteiger partial charge on any atom is 0.340 e. The Morgan fingerprint density at radius 1 is 1.20 bits per heavy atom. The van der Waals surface area contributed by atoms with Crippen LogP contribution in [0.1, 0.15) is 61.6 Å². The molecule has 162 valence electrons. The van der Waals surface area contributed by atoms with Crippen molar-refractivity contribution in [3.8, 4) is 0 Å². The molecule has 0 radical (unpaired) electrons. The van der Waals surface area contributed by atoms with Crippen LogP contribution in [0.15, 0.2) is 24.3 Å². The van der Waals surface area contributed by atoms with Crippen LogP contribution in [0, 0.1) is 5.92 Å². The second-order valence-electron chi connectivity index (χ2n) is 8.17. The van der Waals surface area contributed by atoms with Crippen molar-refractivity contribution in [3.63, 3.8) is 0 Å². The summed E-state index contributed by atoms with van der Waals surface area (Å²) in [5, 5.41) is 0.813. The number of ether oxygens (including phenoxy) is 4. The predicted molar refractivity (Wildman–Crippen MR) is 110 cm³/mol. The number of carbonyl (C=O) groups is 2. The Labute approximate surface area is 176 Å². The standard InChI is InChI=1S/C23H29NO6/c1-15(17-8-10-23(11-9-17)29-12-13-30-23)24-19-7-5-4-6-18(19)21(22(26)27-3)20(24)14-28-16(2)25/h4-7,15,17H,8-14H2,1-3H3/t15-/m1/s1. The molecule has 1 aliphatic carbocycles. The third-order valence-electron chi connectivity index (χ3n) is 6.51. The van der Waals surface area contributed by atoms with Crippen molar-refractivity contribution in [2.45, 2.75) is 58.0 Å². The molecule has 2 aliphatic rings. The van der Waals surface area contributed by atoms with Crippen LogP contribution < -0.4 is 0 Å². The van der Waals surface area contributed by atoms with Gasteiger partial charge >= 0.3 is 11.9 Å². The maximum atomic E-state index is 12.7. The van der Waals surface area contributed by atoms with E-state index in [2.05, 4.69) is 11.5 Å². The lowest BCUT2D eigenvalue weighted by Crippen LogP contribution is -2.37. The fourth-order valence-electron chi connectivity index (χ4n) is 4.98. The molecule has 1 saturated heterocycles. The summed E-state index contributed by atoms with van der Waals surface area (Å²) in [5.41, 5.74) is 2.09. The van der Waals surface area contributed by atoms with Crippen LogP contribution in [0.25, 0.3) is 10.9 Å². The predicted octanol–water partition coefficient (Wildman–Crippen LogP) is 3.99. The van der Waals surface area contributed by atoms with Gasteiger partial charge in [0.25, 0.3) is 0 Å². The molecule has 0 amide bonds. The number of benzene rings is 1. The van der Waals surface area contributed by atoms with E-state index in [9.17, 15) is 9.59 Å². The van der Waals surface area contributed by atoms with Crippen molar-refractivity contribution in [2.24, 2.45) is 5.92 Å². The first-order valence-electron chi connectivity index (χ1n) is 10.6. The minimum Gasteiger partial charge on any atom is -0.465 e. The van der Waals surface area contributed by atoms with Crippen LogP contribution in [0.3, 0.4) is 0 Å². The van der Waals surface area contributed by atoms with Gasteiger partial charge in [-0.3, -0.25) is 4.79 Å². The zero-order chi connectivity index (χ0) is 21.3. The molecule has 7 heteroatoms. The molecular weight excluding hydrogens is 386 g/mol. The Morgan fingerprint density at radius 2 is 1.87 bits per heavy atom. The number of rotatable bonds is 5. The largest absolute Gasteiger partial charge is 0.465 e. The van der Waals surface area contributed by atoms with E-state index >= 15 is 0 Å². The highest BCUT2D eigenvalue weighted by molar-refractivity contribution is 6.06. The molecule has 1 aromatic carbocycles. The topological polar surface area (TPSA) is 76.0 Å². The molecule has 2 aromatic rings. The summed E-state index contributed by atoms with van der Waals surface area (Å²) in [4.78, 5) is 24.2. The molecule has 1 saturated carbocycles. The summed E-state index contributed by atoms with van der Waals surface area (Å²) in [7, 11) is 1.37. The van der Waals surface area contributed by atoms with Gasteiger partial charge in [-0.05, 0) is 31.7 Å². The summed E-state index contributed by atoms with van der Waals surface area (Å²) in [6.45, 7) is 4.90. The average Bonchev–Trinajstić information content (AvgIpc) is 3.34. The quantitative estimate of drug-likeness (QED) is 0.688. The molecule has 0 bridgehead atoms. The molecule has 2 heterocycles. The summed E-state index contributed by atoms with van der Waals surface area (Å²) in [6, 6.07) is 7.88. The average molecular weight is 415 g/mol. The number of fused-ring (bicyclic) bond motifs is 1. The lowest BCUT2D eigenvalue weighted by molar-refractivity contribution is -0.184. The van der Waals surface area contributed by atoms with Gasteiger partial charge < -0.3 is 23.5 Å². The molecule has 0 N–H and O–H groups in total. The van der Waals surface area contributed by atoms with Gasteiger partial charge in [0.15, 0.2) is 5.79 Å². The summed E-state index contributed by atoms with van der Waals surface area (Å²) >= 11 is 0. The van der Waals surface area contributed by atoms with E-state index in [1.54, 1.807) is 0 Å². The first-order valence-corrected chi connectivity index (χ1v) is 10.6. The molecule has 0 unspecified atom stereocenters. The molecule has 1 atom stereocenters. The maximum absolute atomic E-state index is 12.7. The highest BCUT2D eigenvalue weighted by Gasteiger charge is 2.42. The minimum atomic E-state index is -0.422. The first kappa shape index (κ1) is 20.9. The van der Waals surface area contributed by atoms with E-state index < -0.39 is 11.8 Å². The van der Waals surface area contributed by atoms with Gasteiger partial charge in [0, 0.05) is 36.7 Å². The number of esters is 2. The van der Waals surface area contributed by atoms with Crippen LogP contribution in [0.2, 0.25) is 0 Å². The SMILES string of the molecule is COC(=O)c1c(COC(C)=O)n([C@H](C)C2CCC3(CC2)OCCO3)c2ccccc12. The summed E-state index contributed by atoms with van der Waals surface area (Å²) in [5.74, 6) is -0.826. The summed E-state index contributed by atoms with van der Waals surface area (Å²) in [6.07, 6.45) is 3.66. The molecular formula is C23H29NO6. The Balaban J connectivity index is 1.72. The molecule has 7 nitrogen and oxygen atoms in total. The Hall–Kier alpha value is -2.38. The zero-order valence-electron chi connectivity index (χ0n) is 17.8. The van der Waals surface area contributed by atoms with Crippen molar-refractivity contribution >= 4 is 22.8 Å². The van der Waals surface area contributed by atoms with E-state index in [0.29, 0.717) is 30.4 Å². The van der Waals surface area contributed by atoms with Crippen molar-refractivity contribution in [2.75, 3.05) is 20.3 Å². The highest BCUT2D eigenvalue weighted by Crippen LogP contribution is 2.44. The minimum absolute atomic E-state index is 0.0294. The third-order valence-corrected chi connectivity index (χ3v) is 6.51. The van der Waals surface area contributed by atoms with Gasteiger partial charge in [-0.25, -0.2) is 4.79 Å². The Morgan fingerprint density at radius 3 is 2.50 bits per heavy atom. The van der Waals surface area contributed by atoms with Crippen LogP contribution in [-0.4, -0.2) is 42.6 Å². The number of methoxy groups -OCH3 is 1. The lowest BCUT2D eigenvalue weighted by Gasteiger charge is -2.38. The van der Waals surface area contributed by atoms with Gasteiger partial charge in [0.2, 0.25) is 0 Å². The number of hydrogen-bond acceptors (Lipinski definition) is 6. The van der Waals surface area contributed by atoms with Gasteiger partial charge in [-0.2, -0.15) is 0 Å². The van der Waals surface area contributed by atoms with Crippen LogP contribution in [0.4, 0.5) is 0 Å².